The highest BCUT2D eigenvalue weighted by Crippen LogP contribution is 2.09. The SMILES string of the molecule is CC(CCCO)NC(=O)c1cccc(OCC(F)F)n1. The minimum atomic E-state index is -2.59. The molecule has 1 amide bonds. The van der Waals surface area contributed by atoms with E-state index in [2.05, 4.69) is 10.3 Å². The Morgan fingerprint density at radius 2 is 2.25 bits per heavy atom. The first kappa shape index (κ1) is 16.3. The number of rotatable bonds is 8. The summed E-state index contributed by atoms with van der Waals surface area (Å²) in [7, 11) is 0. The molecule has 1 unspecified atom stereocenters. The van der Waals surface area contributed by atoms with E-state index in [-0.39, 0.29) is 24.2 Å². The number of hydrogen-bond donors (Lipinski definition) is 2. The number of aromatic nitrogens is 1. The second-order valence-corrected chi connectivity index (χ2v) is 4.30. The maximum absolute atomic E-state index is 12.0. The first-order valence-electron chi connectivity index (χ1n) is 6.32. The van der Waals surface area contributed by atoms with Crippen molar-refractivity contribution in [2.24, 2.45) is 0 Å². The molecule has 0 aliphatic carbocycles. The molecule has 0 aliphatic heterocycles. The van der Waals surface area contributed by atoms with E-state index in [0.29, 0.717) is 12.8 Å². The number of carbonyl (C=O) groups excluding carboxylic acids is 1. The number of hydrogen-bond acceptors (Lipinski definition) is 4. The van der Waals surface area contributed by atoms with Crippen LogP contribution in [0.4, 0.5) is 8.78 Å². The monoisotopic (exact) mass is 288 g/mol. The molecule has 112 valence electrons. The first-order valence-corrected chi connectivity index (χ1v) is 6.32. The Balaban J connectivity index is 2.57. The van der Waals surface area contributed by atoms with Gasteiger partial charge >= 0.3 is 0 Å². The van der Waals surface area contributed by atoms with Crippen molar-refractivity contribution in [2.45, 2.75) is 32.2 Å². The van der Waals surface area contributed by atoms with Gasteiger partial charge in [-0.05, 0) is 25.8 Å². The molecule has 1 rings (SSSR count). The number of amides is 1. The molecule has 0 radical (unpaired) electrons. The number of ether oxygens (including phenoxy) is 1. The van der Waals surface area contributed by atoms with E-state index >= 15 is 0 Å². The van der Waals surface area contributed by atoms with Gasteiger partial charge in [0.25, 0.3) is 12.3 Å². The lowest BCUT2D eigenvalue weighted by atomic mass is 10.2. The zero-order valence-corrected chi connectivity index (χ0v) is 11.2. The predicted octanol–water partition coefficient (Wildman–Crippen LogP) is 1.62. The van der Waals surface area contributed by atoms with Crippen molar-refractivity contribution in [2.75, 3.05) is 13.2 Å². The van der Waals surface area contributed by atoms with Crippen LogP contribution in [0.15, 0.2) is 18.2 Å². The number of nitrogens with one attached hydrogen (secondary N) is 1. The fourth-order valence-corrected chi connectivity index (χ4v) is 1.54. The molecule has 0 aromatic carbocycles. The number of pyridine rings is 1. The minimum absolute atomic E-state index is 0.0130. The third-order valence-electron chi connectivity index (χ3n) is 2.49. The molecule has 2 N–H and O–H groups in total. The van der Waals surface area contributed by atoms with Crippen molar-refractivity contribution < 1.29 is 23.4 Å². The number of alkyl halides is 2. The average molecular weight is 288 g/mol. The summed E-state index contributed by atoms with van der Waals surface area (Å²) in [5.41, 5.74) is 0.104. The van der Waals surface area contributed by atoms with Gasteiger partial charge in [-0.3, -0.25) is 4.79 Å². The van der Waals surface area contributed by atoms with Crippen molar-refractivity contribution in [1.29, 1.82) is 0 Å². The maximum Gasteiger partial charge on any atom is 0.272 e. The van der Waals surface area contributed by atoms with Gasteiger partial charge in [-0.25, -0.2) is 13.8 Å². The van der Waals surface area contributed by atoms with E-state index < -0.39 is 18.9 Å². The Bertz CT molecular complexity index is 430. The van der Waals surface area contributed by atoms with Gasteiger partial charge < -0.3 is 15.2 Å². The molecule has 1 aromatic rings. The van der Waals surface area contributed by atoms with Crippen LogP contribution in [0, 0.1) is 0 Å². The second-order valence-electron chi connectivity index (χ2n) is 4.30. The zero-order chi connectivity index (χ0) is 15.0. The van der Waals surface area contributed by atoms with E-state index in [4.69, 9.17) is 9.84 Å². The van der Waals surface area contributed by atoms with Gasteiger partial charge in [0.2, 0.25) is 5.88 Å². The van der Waals surface area contributed by atoms with Gasteiger partial charge in [-0.1, -0.05) is 6.07 Å². The van der Waals surface area contributed by atoms with E-state index in [9.17, 15) is 13.6 Å². The number of aliphatic hydroxyl groups is 1. The van der Waals surface area contributed by atoms with Gasteiger partial charge in [0.15, 0.2) is 6.61 Å². The number of nitrogens with zero attached hydrogens (tertiary/aromatic N) is 1. The lowest BCUT2D eigenvalue weighted by molar-refractivity contribution is 0.0792. The predicted molar refractivity (Wildman–Crippen MR) is 69.0 cm³/mol. The van der Waals surface area contributed by atoms with Crippen molar-refractivity contribution in [3.05, 3.63) is 23.9 Å². The van der Waals surface area contributed by atoms with Gasteiger partial charge in [-0.2, -0.15) is 0 Å². The molecule has 0 saturated carbocycles. The van der Waals surface area contributed by atoms with Gasteiger partial charge in [-0.15, -0.1) is 0 Å². The van der Waals surface area contributed by atoms with Crippen LogP contribution in [0.5, 0.6) is 5.88 Å². The lowest BCUT2D eigenvalue weighted by Gasteiger charge is -2.13. The molecule has 7 heteroatoms. The number of aliphatic hydroxyl groups excluding tert-OH is 1. The van der Waals surface area contributed by atoms with E-state index in [1.54, 1.807) is 0 Å². The molecular formula is C13H18F2N2O3. The van der Waals surface area contributed by atoms with Crippen molar-refractivity contribution in [3.63, 3.8) is 0 Å². The molecule has 0 bridgehead atoms. The summed E-state index contributed by atoms with van der Waals surface area (Å²) in [6.07, 6.45) is -1.36. The quantitative estimate of drug-likeness (QED) is 0.762. The molecule has 0 saturated heterocycles. The fourth-order valence-electron chi connectivity index (χ4n) is 1.54. The van der Waals surface area contributed by atoms with Crippen LogP contribution in [0.25, 0.3) is 0 Å². The van der Waals surface area contributed by atoms with Crippen LogP contribution in [-0.2, 0) is 0 Å². The summed E-state index contributed by atoms with van der Waals surface area (Å²) < 4.78 is 28.8. The van der Waals surface area contributed by atoms with E-state index in [1.165, 1.54) is 18.2 Å². The van der Waals surface area contributed by atoms with Gasteiger partial charge in [0.05, 0.1) is 0 Å². The van der Waals surface area contributed by atoms with Crippen LogP contribution in [0.3, 0.4) is 0 Å². The smallest absolute Gasteiger partial charge is 0.272 e. The van der Waals surface area contributed by atoms with Crippen LogP contribution >= 0.6 is 0 Å². The second kappa shape index (κ2) is 8.42. The third-order valence-corrected chi connectivity index (χ3v) is 2.49. The number of halogens is 2. The normalized spacial score (nSPS) is 12.2. The molecule has 0 spiro atoms. The average Bonchev–Trinajstić information content (AvgIpc) is 2.43. The summed E-state index contributed by atoms with van der Waals surface area (Å²) in [6.45, 7) is 1.12. The molecule has 1 aromatic heterocycles. The fraction of sp³-hybridized carbons (Fsp3) is 0.538. The van der Waals surface area contributed by atoms with Crippen LogP contribution in [-0.4, -0.2) is 41.7 Å². The highest BCUT2D eigenvalue weighted by molar-refractivity contribution is 5.92. The Kier molecular flexibility index (Phi) is 6.86. The van der Waals surface area contributed by atoms with E-state index in [1.807, 2.05) is 6.92 Å². The molecule has 1 atom stereocenters. The van der Waals surface area contributed by atoms with Crippen molar-refractivity contribution >= 4 is 5.91 Å². The molecular weight excluding hydrogens is 270 g/mol. The molecule has 0 fully saturated rings. The first-order chi connectivity index (χ1) is 9.52. The molecule has 1 heterocycles. The largest absolute Gasteiger partial charge is 0.472 e. The van der Waals surface area contributed by atoms with Crippen molar-refractivity contribution in [1.82, 2.24) is 10.3 Å². The van der Waals surface area contributed by atoms with Crippen LogP contribution in [0.1, 0.15) is 30.3 Å². The summed E-state index contributed by atoms with van der Waals surface area (Å²) in [4.78, 5) is 15.7. The zero-order valence-electron chi connectivity index (χ0n) is 11.2. The van der Waals surface area contributed by atoms with E-state index in [0.717, 1.165) is 0 Å². The molecule has 0 aliphatic rings. The molecule has 20 heavy (non-hydrogen) atoms. The maximum atomic E-state index is 12.0. The van der Waals surface area contributed by atoms with Crippen LogP contribution < -0.4 is 10.1 Å². The topological polar surface area (TPSA) is 71.5 Å². The number of carbonyl (C=O) groups is 1. The van der Waals surface area contributed by atoms with Gasteiger partial charge in [0, 0.05) is 18.7 Å². The third kappa shape index (κ3) is 5.92. The Morgan fingerprint density at radius 1 is 1.50 bits per heavy atom. The lowest BCUT2D eigenvalue weighted by Crippen LogP contribution is -2.33. The summed E-state index contributed by atoms with van der Waals surface area (Å²) >= 11 is 0. The summed E-state index contributed by atoms with van der Waals surface area (Å²) in [6, 6.07) is 4.29. The molecule has 5 nitrogen and oxygen atoms in total. The highest BCUT2D eigenvalue weighted by Gasteiger charge is 2.12. The van der Waals surface area contributed by atoms with Gasteiger partial charge in [0.1, 0.15) is 5.69 Å². The Morgan fingerprint density at radius 3 is 2.90 bits per heavy atom. The summed E-state index contributed by atoms with van der Waals surface area (Å²) in [5, 5.41) is 11.4. The Labute approximate surface area is 116 Å². The Hall–Kier alpha value is -1.76. The van der Waals surface area contributed by atoms with Crippen LogP contribution in [0.2, 0.25) is 0 Å². The standard InChI is InChI=1S/C13H18F2N2O3/c1-9(4-3-7-18)16-13(19)10-5-2-6-12(17-10)20-8-11(14)15/h2,5-6,9,11,18H,3-4,7-8H2,1H3,(H,16,19). The highest BCUT2D eigenvalue weighted by atomic mass is 19.3. The van der Waals surface area contributed by atoms with Crippen molar-refractivity contribution in [3.8, 4) is 5.88 Å². The summed E-state index contributed by atoms with van der Waals surface area (Å²) in [5.74, 6) is -0.418. The minimum Gasteiger partial charge on any atom is -0.472 e.